The molecule has 0 saturated carbocycles. The molecule has 1 amide bonds. The van der Waals surface area contributed by atoms with Crippen molar-refractivity contribution in [3.05, 3.63) is 53.6 Å². The maximum absolute atomic E-state index is 13.5. The number of amides is 1. The average Bonchev–Trinajstić information content (AvgIpc) is 3.18. The predicted molar refractivity (Wildman–Crippen MR) is 232 cm³/mol. The van der Waals surface area contributed by atoms with Gasteiger partial charge in [0.05, 0.1) is 54.4 Å². The molecule has 0 aliphatic heterocycles. The van der Waals surface area contributed by atoms with Gasteiger partial charge in [-0.05, 0) is 62.2 Å². The molecule has 1 atom stereocenters. The maximum Gasteiger partial charge on any atom is 0.397 e. The average molecular weight is 1080 g/mol. The lowest BCUT2D eigenvalue weighted by molar-refractivity contribution is -0.126. The van der Waals surface area contributed by atoms with Crippen molar-refractivity contribution in [3.63, 3.8) is 0 Å². The van der Waals surface area contributed by atoms with Crippen LogP contribution in [-0.2, 0) is 78.7 Å². The largest absolute Gasteiger partial charge is 0.505 e. The molecule has 0 radical (unpaired) electrons. The maximum atomic E-state index is 13.5. The number of aromatic hydroxyl groups is 1. The summed E-state index contributed by atoms with van der Waals surface area (Å²) in [6, 6.07) is 4.01. The fourth-order valence-corrected chi connectivity index (χ4v) is 11.0. The van der Waals surface area contributed by atoms with Crippen LogP contribution >= 0.6 is 0 Å². The van der Waals surface area contributed by atoms with Crippen LogP contribution in [0.4, 0.5) is 22.7 Å². The van der Waals surface area contributed by atoms with Crippen molar-refractivity contribution in [2.75, 3.05) is 44.3 Å². The summed E-state index contributed by atoms with van der Waals surface area (Å²) in [5.74, 6) is -6.13. The van der Waals surface area contributed by atoms with Crippen LogP contribution in [0.25, 0.3) is 10.8 Å². The number of ketones is 1. The monoisotopic (exact) mass is 1080 g/mol. The lowest BCUT2D eigenvalue weighted by Gasteiger charge is -2.16. The van der Waals surface area contributed by atoms with Crippen LogP contribution in [0.2, 0.25) is 0 Å². The minimum absolute atomic E-state index is 0.0232. The fourth-order valence-electron chi connectivity index (χ4n) is 5.99. The van der Waals surface area contributed by atoms with Crippen molar-refractivity contribution in [3.8, 4) is 17.2 Å². The number of azo groups is 2. The first-order valence-corrected chi connectivity index (χ1v) is 27.0. The number of anilines is 1. The molecule has 4 rings (SSSR count). The highest BCUT2D eigenvalue weighted by Crippen LogP contribution is 2.46. The van der Waals surface area contributed by atoms with E-state index in [1.54, 1.807) is 0 Å². The Bertz CT molecular complexity index is 3470. The lowest BCUT2D eigenvalue weighted by Crippen LogP contribution is -2.32. The third kappa shape index (κ3) is 13.5. The van der Waals surface area contributed by atoms with E-state index in [-0.39, 0.29) is 34.0 Å². The zero-order valence-electron chi connectivity index (χ0n) is 35.3. The molecule has 28 nitrogen and oxygen atoms in total. The fraction of sp³-hybridized carbons (Fsp3) is 0.294. The molecule has 34 heteroatoms. The first-order valence-electron chi connectivity index (χ1n) is 18.1. The zero-order valence-corrected chi connectivity index (χ0v) is 40.2. The molecule has 4 aromatic rings. The number of carbonyl (C=O) groups is 2. The van der Waals surface area contributed by atoms with Crippen LogP contribution in [0.5, 0.6) is 17.2 Å². The van der Waals surface area contributed by atoms with Gasteiger partial charge in [-0.1, -0.05) is 0 Å². The van der Waals surface area contributed by atoms with E-state index >= 15 is 0 Å². The van der Waals surface area contributed by atoms with Gasteiger partial charge in [-0.2, -0.15) is 43.9 Å². The van der Waals surface area contributed by atoms with Crippen LogP contribution in [0.15, 0.2) is 82.5 Å². The number of hydrogen-bond donors (Lipinski definition) is 6. The molecule has 0 saturated heterocycles. The number of rotatable bonds is 21. The number of Topliss-reactive ketones (excluding diaryl/α,β-unsaturated/α-hetero) is 1. The summed E-state index contributed by atoms with van der Waals surface area (Å²) in [4.78, 5) is 22.8. The zero-order chi connectivity index (χ0) is 51.5. The number of nitrogens with zero attached hydrogens (tertiary/aromatic N) is 4. The van der Waals surface area contributed by atoms with Crippen LogP contribution in [0.3, 0.4) is 0 Å². The van der Waals surface area contributed by atoms with Gasteiger partial charge in [-0.15, -0.1) is 10.2 Å². The number of aryl methyl sites for hydroxylation is 2. The quantitative estimate of drug-likeness (QED) is 0.0397. The number of methoxy groups -OCH3 is 2. The van der Waals surface area contributed by atoms with E-state index in [0.717, 1.165) is 57.5 Å². The van der Waals surface area contributed by atoms with Crippen LogP contribution in [-0.4, -0.2) is 130 Å². The number of carbonyl (C=O) groups excluding carboxylic acids is 2. The number of phenolic OH excluding ortho intramolecular Hbond substituents is 1. The van der Waals surface area contributed by atoms with E-state index in [4.69, 9.17) is 18.6 Å². The molecule has 6 N–H and O–H groups in total. The van der Waals surface area contributed by atoms with Crippen molar-refractivity contribution < 1.29 is 101 Å². The van der Waals surface area contributed by atoms with Gasteiger partial charge in [-0.25, -0.2) is 25.2 Å². The minimum atomic E-state index is -5.57. The molecule has 0 fully saturated rings. The van der Waals surface area contributed by atoms with Crippen molar-refractivity contribution in [2.24, 2.45) is 20.5 Å². The van der Waals surface area contributed by atoms with Crippen molar-refractivity contribution in [1.29, 1.82) is 0 Å². The molecule has 0 bridgehead atoms. The molecule has 0 heterocycles. The Morgan fingerprint density at radius 1 is 0.632 bits per heavy atom. The lowest BCUT2D eigenvalue weighted by atomic mass is 10.1. The number of sulfone groups is 2. The van der Waals surface area contributed by atoms with E-state index in [9.17, 15) is 74.3 Å². The first-order chi connectivity index (χ1) is 31.1. The van der Waals surface area contributed by atoms with Crippen molar-refractivity contribution in [2.45, 2.75) is 46.4 Å². The summed E-state index contributed by atoms with van der Waals surface area (Å²) in [6.45, 7) is 1.49. The predicted octanol–water partition coefficient (Wildman–Crippen LogP) is 2.95. The molecule has 0 spiro atoms. The standard InChI is InChI=1S/C34H37N5O23S6/c1-17-12-23(25(59-4)15-27(17)63(43,44)10-8-61-67(53,54)55)36-38-30(19(3)40)34(42)35-22-7-6-20-21(33(22)66(50,51)52)14-29(65(47,48)49)31(32(20)41)39-37-24-13-18(2)28(16-26(24)60-5)64(45,46)11-9-62-68(56,57)58/h6-7,12-16,30,41H,8-11H2,1-5H3,(H,35,42)(H,47,48,49)(H,50,51,52)(H,53,54,55)(H,56,57,58). The molecule has 372 valence electrons. The Hall–Kier alpha value is -5.66. The molecule has 0 aromatic heterocycles. The molecular weight excluding hydrogens is 1040 g/mol. The van der Waals surface area contributed by atoms with E-state index in [2.05, 4.69) is 28.8 Å². The van der Waals surface area contributed by atoms with Gasteiger partial charge in [0.1, 0.15) is 38.4 Å². The van der Waals surface area contributed by atoms with Crippen LogP contribution in [0.1, 0.15) is 18.1 Å². The number of nitrogens with one attached hydrogen (secondary N) is 1. The molecule has 68 heavy (non-hydrogen) atoms. The summed E-state index contributed by atoms with van der Waals surface area (Å²) in [7, 11) is -27.5. The highest BCUT2D eigenvalue weighted by atomic mass is 32.3. The molecule has 1 unspecified atom stereocenters. The van der Waals surface area contributed by atoms with Gasteiger partial charge in [0.25, 0.3) is 26.1 Å². The first kappa shape index (κ1) is 54.9. The topological polar surface area (TPSA) is 439 Å². The highest BCUT2D eigenvalue weighted by Gasteiger charge is 2.31. The molecule has 0 aliphatic rings. The summed E-state index contributed by atoms with van der Waals surface area (Å²) in [6.07, 6.45) is 0. The van der Waals surface area contributed by atoms with Crippen molar-refractivity contribution >= 4 is 106 Å². The summed E-state index contributed by atoms with van der Waals surface area (Å²) >= 11 is 0. The van der Waals surface area contributed by atoms with Crippen LogP contribution < -0.4 is 14.8 Å². The molecule has 0 aliphatic carbocycles. The second-order valence-corrected chi connectivity index (χ2v) is 22.8. The minimum Gasteiger partial charge on any atom is -0.505 e. The molecule has 4 aromatic carbocycles. The Balaban J connectivity index is 1.78. The van der Waals surface area contributed by atoms with Gasteiger partial charge < -0.3 is 19.9 Å². The number of hydrogen-bond acceptors (Lipinski definition) is 23. The Kier molecular flexibility index (Phi) is 16.6. The van der Waals surface area contributed by atoms with E-state index < -0.39 is 151 Å². The number of phenols is 1. The molecular formula is C34H37N5O23S6. The number of fused-ring (bicyclic) bond motifs is 1. The normalized spacial score (nSPS) is 13.5. The van der Waals surface area contributed by atoms with Gasteiger partial charge >= 0.3 is 20.8 Å². The van der Waals surface area contributed by atoms with Crippen molar-refractivity contribution in [1.82, 2.24) is 0 Å². The highest BCUT2D eigenvalue weighted by molar-refractivity contribution is 7.92. The summed E-state index contributed by atoms with van der Waals surface area (Å²) in [5, 5.41) is 26.9. The van der Waals surface area contributed by atoms with Gasteiger partial charge in [0, 0.05) is 22.9 Å². The number of benzene rings is 4. The second-order valence-electron chi connectivity index (χ2n) is 13.7. The third-order valence-electron chi connectivity index (χ3n) is 8.94. The SMILES string of the molecule is COc1cc(S(=O)(=O)CCOS(=O)(=O)O)c(C)cc1N=Nc1c(S(=O)(=O)O)cc2c(S(=O)(=O)O)c(NC(=O)C(N=Nc3cc(C)c(S(=O)(=O)CCOS(=O)(=O)O)cc3OC)C(C)=O)ccc2c1O. The Labute approximate surface area is 387 Å². The smallest absolute Gasteiger partial charge is 0.397 e. The Morgan fingerprint density at radius 2 is 1.10 bits per heavy atom. The van der Waals surface area contributed by atoms with Crippen LogP contribution in [0, 0.1) is 13.8 Å². The number of ether oxygens (including phenoxy) is 2. The van der Waals surface area contributed by atoms with Gasteiger partial charge in [-0.3, -0.25) is 27.8 Å². The van der Waals surface area contributed by atoms with Gasteiger partial charge in [0.15, 0.2) is 31.2 Å². The van der Waals surface area contributed by atoms with E-state index in [0.29, 0.717) is 6.07 Å². The Morgan fingerprint density at radius 3 is 1.51 bits per heavy atom. The summed E-state index contributed by atoms with van der Waals surface area (Å²) in [5.41, 5.74) is -2.56. The second kappa shape index (κ2) is 20.5. The summed E-state index contributed by atoms with van der Waals surface area (Å²) < 4.78 is 203. The third-order valence-corrected chi connectivity index (χ3v) is 15.3. The van der Waals surface area contributed by atoms with E-state index in [1.807, 2.05) is 5.32 Å². The van der Waals surface area contributed by atoms with Gasteiger partial charge in [0.2, 0.25) is 6.04 Å². The van der Waals surface area contributed by atoms with E-state index in [1.165, 1.54) is 13.8 Å².